The van der Waals surface area contributed by atoms with Gasteiger partial charge in [0.2, 0.25) is 5.91 Å². The summed E-state index contributed by atoms with van der Waals surface area (Å²) in [5, 5.41) is 0. The molecule has 2 aromatic rings. The van der Waals surface area contributed by atoms with Crippen LogP contribution in [0.1, 0.15) is 29.4 Å². The van der Waals surface area contributed by atoms with Gasteiger partial charge in [-0.25, -0.2) is 4.39 Å². The van der Waals surface area contributed by atoms with Crippen molar-refractivity contribution < 1.29 is 23.5 Å². The number of ether oxygens (including phenoxy) is 1. The number of Topliss-reactive ketones (excluding diaryl/α,β-unsaturated/α-hetero) is 1. The Labute approximate surface area is 158 Å². The van der Waals surface area contributed by atoms with Crippen molar-refractivity contribution in [1.29, 1.82) is 0 Å². The van der Waals surface area contributed by atoms with E-state index in [0.29, 0.717) is 15.0 Å². The fourth-order valence-electron chi connectivity index (χ4n) is 1.88. The van der Waals surface area contributed by atoms with E-state index in [4.69, 9.17) is 16.3 Å². The maximum absolute atomic E-state index is 12.8. The van der Waals surface area contributed by atoms with Crippen LogP contribution in [0.4, 0.5) is 4.39 Å². The van der Waals surface area contributed by atoms with Gasteiger partial charge in [0.15, 0.2) is 11.9 Å². The maximum Gasteiger partial charge on any atom is 0.279 e. The highest BCUT2D eigenvalue weighted by Gasteiger charge is 2.16. The smallest absolute Gasteiger partial charge is 0.279 e. The molecule has 0 radical (unpaired) electrons. The number of carbonyl (C=O) groups excluding carboxylic acids is 3. The minimum atomic E-state index is -0.907. The Morgan fingerprint density at radius 3 is 2.42 bits per heavy atom. The van der Waals surface area contributed by atoms with Crippen LogP contribution in [0, 0.1) is 5.82 Å². The first-order valence-electron chi connectivity index (χ1n) is 7.64. The Bertz CT molecular complexity index is 794. The summed E-state index contributed by atoms with van der Waals surface area (Å²) in [4.78, 5) is 36.0. The summed E-state index contributed by atoms with van der Waals surface area (Å²) in [5.41, 5.74) is 4.43. The van der Waals surface area contributed by atoms with Gasteiger partial charge in [-0.1, -0.05) is 11.6 Å². The van der Waals surface area contributed by atoms with Gasteiger partial charge in [0.1, 0.15) is 11.6 Å². The van der Waals surface area contributed by atoms with E-state index in [9.17, 15) is 18.8 Å². The largest absolute Gasteiger partial charge is 0.481 e. The van der Waals surface area contributed by atoms with Crippen LogP contribution in [0.15, 0.2) is 36.4 Å². The van der Waals surface area contributed by atoms with Gasteiger partial charge < -0.3 is 4.74 Å². The lowest BCUT2D eigenvalue weighted by atomic mass is 10.2. The molecule has 0 aliphatic heterocycles. The molecule has 0 fully saturated rings. The number of benzene rings is 1. The monoisotopic (exact) mass is 398 g/mol. The molecule has 0 saturated carbocycles. The number of carbonyl (C=O) groups is 3. The van der Waals surface area contributed by atoms with E-state index in [2.05, 4.69) is 10.9 Å². The predicted molar refractivity (Wildman–Crippen MR) is 95.7 cm³/mol. The average Bonchev–Trinajstić information content (AvgIpc) is 3.06. The van der Waals surface area contributed by atoms with Crippen LogP contribution in [0.5, 0.6) is 5.75 Å². The van der Waals surface area contributed by atoms with Crippen molar-refractivity contribution in [2.24, 2.45) is 0 Å². The van der Waals surface area contributed by atoms with Crippen molar-refractivity contribution in [3.05, 3.63) is 51.4 Å². The van der Waals surface area contributed by atoms with Crippen molar-refractivity contribution >= 4 is 40.5 Å². The van der Waals surface area contributed by atoms with Crippen LogP contribution in [0.3, 0.4) is 0 Å². The van der Waals surface area contributed by atoms with Crippen LogP contribution in [0.25, 0.3) is 0 Å². The molecule has 0 saturated heterocycles. The molecule has 1 heterocycles. The van der Waals surface area contributed by atoms with Crippen LogP contribution < -0.4 is 15.6 Å². The number of nitrogens with one attached hydrogen (secondary N) is 2. The summed E-state index contributed by atoms with van der Waals surface area (Å²) in [6, 6.07) is 8.41. The Hall–Kier alpha value is -2.45. The van der Waals surface area contributed by atoms with Gasteiger partial charge in [-0.05, 0) is 43.3 Å². The number of rotatable bonds is 7. The topological polar surface area (TPSA) is 84.5 Å². The molecule has 26 heavy (non-hydrogen) atoms. The van der Waals surface area contributed by atoms with E-state index in [0.717, 1.165) is 11.3 Å². The quantitative estimate of drug-likeness (QED) is 0.554. The lowest BCUT2D eigenvalue weighted by Gasteiger charge is -2.15. The highest BCUT2D eigenvalue weighted by molar-refractivity contribution is 7.18. The van der Waals surface area contributed by atoms with Crippen LogP contribution in [-0.4, -0.2) is 23.7 Å². The zero-order chi connectivity index (χ0) is 19.1. The van der Waals surface area contributed by atoms with Crippen LogP contribution >= 0.6 is 22.9 Å². The van der Waals surface area contributed by atoms with E-state index in [1.165, 1.54) is 31.2 Å². The standard InChI is InChI=1S/C17H16ClFN2O4S/c1-10(25-12-4-2-11(19)3-5-12)17(24)21-20-16(23)9-6-13(22)14-7-8-15(18)26-14/h2-5,7-8,10H,6,9H2,1H3,(H,20,23)(H,21,24). The average molecular weight is 399 g/mol. The molecule has 0 bridgehead atoms. The first-order valence-corrected chi connectivity index (χ1v) is 8.84. The van der Waals surface area contributed by atoms with Gasteiger partial charge in [0.25, 0.3) is 5.91 Å². The first kappa shape index (κ1) is 19.9. The maximum atomic E-state index is 12.8. The van der Waals surface area contributed by atoms with Gasteiger partial charge in [-0.3, -0.25) is 25.2 Å². The molecule has 2 amide bonds. The van der Waals surface area contributed by atoms with E-state index >= 15 is 0 Å². The van der Waals surface area contributed by atoms with Crippen molar-refractivity contribution in [2.75, 3.05) is 0 Å². The van der Waals surface area contributed by atoms with Crippen molar-refractivity contribution in [2.45, 2.75) is 25.9 Å². The molecule has 1 unspecified atom stereocenters. The van der Waals surface area contributed by atoms with Crippen LogP contribution in [-0.2, 0) is 9.59 Å². The fraction of sp³-hybridized carbons (Fsp3) is 0.235. The Morgan fingerprint density at radius 1 is 1.12 bits per heavy atom. The van der Waals surface area contributed by atoms with Crippen LogP contribution in [0.2, 0.25) is 4.34 Å². The van der Waals surface area contributed by atoms with Gasteiger partial charge in [-0.15, -0.1) is 11.3 Å². The molecule has 9 heteroatoms. The molecule has 1 aromatic heterocycles. The molecule has 1 atom stereocenters. The summed E-state index contributed by atoms with van der Waals surface area (Å²) < 4.78 is 18.6. The Morgan fingerprint density at radius 2 is 1.81 bits per heavy atom. The number of thiophene rings is 1. The lowest BCUT2D eigenvalue weighted by Crippen LogP contribution is -2.47. The minimum Gasteiger partial charge on any atom is -0.481 e. The predicted octanol–water partition coefficient (Wildman–Crippen LogP) is 3.12. The van der Waals surface area contributed by atoms with Crippen molar-refractivity contribution in [3.63, 3.8) is 0 Å². The lowest BCUT2D eigenvalue weighted by molar-refractivity contribution is -0.132. The number of hydrogen-bond donors (Lipinski definition) is 2. The Balaban J connectivity index is 1.71. The van der Waals surface area contributed by atoms with E-state index < -0.39 is 23.7 Å². The summed E-state index contributed by atoms with van der Waals surface area (Å²) in [5.74, 6) is -1.39. The van der Waals surface area contributed by atoms with Gasteiger partial charge >= 0.3 is 0 Å². The van der Waals surface area contributed by atoms with E-state index in [1.807, 2.05) is 0 Å². The summed E-state index contributed by atoms with van der Waals surface area (Å²) in [6.45, 7) is 1.48. The molecule has 1 aromatic carbocycles. The second-order valence-electron chi connectivity index (χ2n) is 5.28. The summed E-state index contributed by atoms with van der Waals surface area (Å²) in [6.07, 6.45) is -0.988. The molecular weight excluding hydrogens is 383 g/mol. The fourth-order valence-corrected chi connectivity index (χ4v) is 2.89. The van der Waals surface area contributed by atoms with E-state index in [1.54, 1.807) is 12.1 Å². The number of amides is 2. The second kappa shape index (κ2) is 9.30. The summed E-state index contributed by atoms with van der Waals surface area (Å²) >= 11 is 6.90. The molecule has 0 aliphatic rings. The van der Waals surface area contributed by atoms with Gasteiger partial charge in [-0.2, -0.15) is 0 Å². The van der Waals surface area contributed by atoms with Crippen molar-refractivity contribution in [3.8, 4) is 5.75 Å². The van der Waals surface area contributed by atoms with Gasteiger partial charge in [0, 0.05) is 12.8 Å². The number of hydrogen-bond acceptors (Lipinski definition) is 5. The molecule has 2 rings (SSSR count). The third-order valence-corrected chi connectivity index (χ3v) is 4.52. The summed E-state index contributed by atoms with van der Waals surface area (Å²) in [7, 11) is 0. The number of ketones is 1. The zero-order valence-corrected chi connectivity index (χ0v) is 15.3. The van der Waals surface area contributed by atoms with Gasteiger partial charge in [0.05, 0.1) is 9.21 Å². The first-order chi connectivity index (χ1) is 12.3. The number of halogens is 2. The third kappa shape index (κ3) is 6.12. The molecule has 2 N–H and O–H groups in total. The molecule has 0 aliphatic carbocycles. The second-order valence-corrected chi connectivity index (χ2v) is 6.99. The molecule has 0 spiro atoms. The third-order valence-electron chi connectivity index (χ3n) is 3.25. The highest BCUT2D eigenvalue weighted by Crippen LogP contribution is 2.22. The Kier molecular flexibility index (Phi) is 7.11. The minimum absolute atomic E-state index is 0.000178. The highest BCUT2D eigenvalue weighted by atomic mass is 35.5. The molecular formula is C17H16ClFN2O4S. The van der Waals surface area contributed by atoms with E-state index in [-0.39, 0.29) is 18.6 Å². The molecule has 138 valence electrons. The number of hydrazine groups is 1. The van der Waals surface area contributed by atoms with Crippen molar-refractivity contribution in [1.82, 2.24) is 10.9 Å². The SMILES string of the molecule is CC(Oc1ccc(F)cc1)C(=O)NNC(=O)CCC(=O)c1ccc(Cl)s1. The zero-order valence-electron chi connectivity index (χ0n) is 13.8. The normalized spacial score (nSPS) is 11.5. The molecule has 6 nitrogen and oxygen atoms in total.